The van der Waals surface area contributed by atoms with Crippen molar-refractivity contribution in [2.24, 2.45) is 0 Å². The van der Waals surface area contributed by atoms with Gasteiger partial charge in [0.05, 0.1) is 6.61 Å². The molecular weight excluding hydrogens is 336 g/mol. The number of carboxylic acids is 1. The predicted octanol–water partition coefficient (Wildman–Crippen LogP) is 4.03. The number of benzene rings is 2. The third-order valence-electron chi connectivity index (χ3n) is 4.27. The third-order valence-corrected chi connectivity index (χ3v) is 5.28. The number of thiophene rings is 1. The molecule has 1 atom stereocenters. The van der Waals surface area contributed by atoms with E-state index >= 15 is 0 Å². The molecular formula is C20H18O4S. The Morgan fingerprint density at radius 1 is 1.08 bits per heavy atom. The van der Waals surface area contributed by atoms with Crippen molar-refractivity contribution in [1.29, 1.82) is 0 Å². The summed E-state index contributed by atoms with van der Waals surface area (Å²) in [5.41, 5.74) is -0.502. The minimum atomic E-state index is -1.76. The quantitative estimate of drug-likeness (QED) is 0.536. The van der Waals surface area contributed by atoms with Gasteiger partial charge in [0, 0.05) is 11.1 Å². The molecule has 25 heavy (non-hydrogen) atoms. The zero-order valence-corrected chi connectivity index (χ0v) is 14.6. The van der Waals surface area contributed by atoms with Crippen LogP contribution in [0.25, 0.3) is 10.1 Å². The SMILES string of the molecule is CCOC(=O)C(Cc1csc2ccccc12)(C(=O)O)c1ccccc1. The lowest BCUT2D eigenvalue weighted by Gasteiger charge is -2.27. The van der Waals surface area contributed by atoms with E-state index in [1.165, 1.54) is 0 Å². The number of carbonyl (C=O) groups excluding carboxylic acids is 1. The summed E-state index contributed by atoms with van der Waals surface area (Å²) in [6.07, 6.45) is 0.0508. The Labute approximate surface area is 149 Å². The zero-order chi connectivity index (χ0) is 17.9. The lowest BCUT2D eigenvalue weighted by atomic mass is 9.75. The van der Waals surface area contributed by atoms with Crippen LogP contribution in [0.3, 0.4) is 0 Å². The number of ether oxygens (including phenoxy) is 1. The van der Waals surface area contributed by atoms with E-state index in [-0.39, 0.29) is 13.0 Å². The smallest absolute Gasteiger partial charge is 0.328 e. The van der Waals surface area contributed by atoms with E-state index in [1.54, 1.807) is 48.6 Å². The molecule has 5 heteroatoms. The fraction of sp³-hybridized carbons (Fsp3) is 0.200. The average Bonchev–Trinajstić information content (AvgIpc) is 3.03. The number of rotatable bonds is 6. The highest BCUT2D eigenvalue weighted by molar-refractivity contribution is 7.17. The maximum absolute atomic E-state index is 12.8. The molecule has 0 aliphatic rings. The lowest BCUT2D eigenvalue weighted by molar-refractivity contribution is -0.161. The molecule has 1 heterocycles. The second-order valence-corrected chi connectivity index (χ2v) is 6.64. The minimum absolute atomic E-state index is 0.0508. The largest absolute Gasteiger partial charge is 0.480 e. The monoisotopic (exact) mass is 354 g/mol. The van der Waals surface area contributed by atoms with E-state index in [0.29, 0.717) is 5.56 Å². The van der Waals surface area contributed by atoms with E-state index in [9.17, 15) is 14.7 Å². The Morgan fingerprint density at radius 3 is 2.44 bits per heavy atom. The van der Waals surface area contributed by atoms with Crippen LogP contribution < -0.4 is 0 Å². The molecule has 0 saturated carbocycles. The molecule has 4 nitrogen and oxygen atoms in total. The van der Waals surface area contributed by atoms with Gasteiger partial charge in [-0.05, 0) is 34.9 Å². The molecule has 1 unspecified atom stereocenters. The molecule has 0 spiro atoms. The van der Waals surface area contributed by atoms with Crippen LogP contribution in [0.15, 0.2) is 60.0 Å². The van der Waals surface area contributed by atoms with E-state index in [0.717, 1.165) is 15.6 Å². The lowest BCUT2D eigenvalue weighted by Crippen LogP contribution is -2.47. The standard InChI is InChI=1S/C20H18O4S/c1-2-24-19(23)20(18(21)22,15-8-4-3-5-9-15)12-14-13-25-17-11-7-6-10-16(14)17/h3-11,13H,2,12H2,1H3,(H,21,22). The highest BCUT2D eigenvalue weighted by atomic mass is 32.1. The number of carboxylic acid groups (broad SMARTS) is 1. The summed E-state index contributed by atoms with van der Waals surface area (Å²) in [6, 6.07) is 16.4. The molecule has 0 radical (unpaired) electrons. The van der Waals surface area contributed by atoms with Crippen LogP contribution in [0.2, 0.25) is 0 Å². The highest BCUT2D eigenvalue weighted by Crippen LogP contribution is 2.35. The Hall–Kier alpha value is -2.66. The average molecular weight is 354 g/mol. The predicted molar refractivity (Wildman–Crippen MR) is 97.9 cm³/mol. The molecule has 1 N–H and O–H groups in total. The van der Waals surface area contributed by atoms with Crippen LogP contribution >= 0.6 is 11.3 Å². The summed E-state index contributed by atoms with van der Waals surface area (Å²) in [4.78, 5) is 25.1. The van der Waals surface area contributed by atoms with Crippen LogP contribution in [0.4, 0.5) is 0 Å². The van der Waals surface area contributed by atoms with E-state index in [1.807, 2.05) is 29.6 Å². The van der Waals surface area contributed by atoms with Crippen LogP contribution in [0.5, 0.6) is 0 Å². The molecule has 0 aliphatic carbocycles. The van der Waals surface area contributed by atoms with Crippen molar-refractivity contribution in [3.05, 3.63) is 71.1 Å². The Balaban J connectivity index is 2.16. The number of fused-ring (bicyclic) bond motifs is 1. The molecule has 128 valence electrons. The second kappa shape index (κ2) is 7.07. The van der Waals surface area contributed by atoms with Crippen molar-refractivity contribution >= 4 is 33.4 Å². The number of esters is 1. The van der Waals surface area contributed by atoms with Crippen LogP contribution in [-0.4, -0.2) is 23.7 Å². The maximum atomic E-state index is 12.8. The Bertz CT molecular complexity index is 900. The summed E-state index contributed by atoms with van der Waals surface area (Å²) < 4.78 is 6.23. The van der Waals surface area contributed by atoms with Gasteiger partial charge in [0.25, 0.3) is 0 Å². The normalized spacial score (nSPS) is 13.3. The van der Waals surface area contributed by atoms with Crippen molar-refractivity contribution in [3.63, 3.8) is 0 Å². The molecule has 3 aromatic rings. The Kier molecular flexibility index (Phi) is 4.86. The summed E-state index contributed by atoms with van der Waals surface area (Å²) >= 11 is 1.54. The van der Waals surface area contributed by atoms with Crippen molar-refractivity contribution in [1.82, 2.24) is 0 Å². The highest BCUT2D eigenvalue weighted by Gasteiger charge is 2.49. The second-order valence-electron chi connectivity index (χ2n) is 5.73. The van der Waals surface area contributed by atoms with Gasteiger partial charge in [-0.1, -0.05) is 48.5 Å². The van der Waals surface area contributed by atoms with E-state index in [4.69, 9.17) is 4.74 Å². The molecule has 0 saturated heterocycles. The van der Waals surface area contributed by atoms with Crippen molar-refractivity contribution in [2.75, 3.05) is 6.61 Å². The third kappa shape index (κ3) is 3.03. The summed E-state index contributed by atoms with van der Waals surface area (Å²) in [6.45, 7) is 1.81. The molecule has 1 aromatic heterocycles. The number of hydrogen-bond donors (Lipinski definition) is 1. The number of hydrogen-bond acceptors (Lipinski definition) is 4. The van der Waals surface area contributed by atoms with E-state index in [2.05, 4.69) is 0 Å². The molecule has 3 rings (SSSR count). The Morgan fingerprint density at radius 2 is 1.76 bits per heavy atom. The number of aliphatic carboxylic acids is 1. The number of carbonyl (C=O) groups is 2. The van der Waals surface area contributed by atoms with Gasteiger partial charge in [0.1, 0.15) is 0 Å². The van der Waals surface area contributed by atoms with Crippen LogP contribution in [0.1, 0.15) is 18.1 Å². The maximum Gasteiger partial charge on any atom is 0.328 e. The summed E-state index contributed by atoms with van der Waals surface area (Å²) in [5.74, 6) is -1.93. The van der Waals surface area contributed by atoms with Crippen molar-refractivity contribution in [2.45, 2.75) is 18.8 Å². The molecule has 0 amide bonds. The summed E-state index contributed by atoms with van der Waals surface area (Å²) in [5, 5.41) is 12.9. The summed E-state index contributed by atoms with van der Waals surface area (Å²) in [7, 11) is 0. The topological polar surface area (TPSA) is 63.6 Å². The molecule has 2 aromatic carbocycles. The molecule has 0 fully saturated rings. The van der Waals surface area contributed by atoms with Gasteiger partial charge in [0.2, 0.25) is 0 Å². The van der Waals surface area contributed by atoms with E-state index < -0.39 is 17.4 Å². The first kappa shape index (κ1) is 17.2. The molecule has 0 aliphatic heterocycles. The van der Waals surface area contributed by atoms with Gasteiger partial charge in [-0.2, -0.15) is 0 Å². The van der Waals surface area contributed by atoms with Gasteiger partial charge in [0.15, 0.2) is 5.41 Å². The van der Waals surface area contributed by atoms with Gasteiger partial charge < -0.3 is 9.84 Å². The van der Waals surface area contributed by atoms with Crippen LogP contribution in [-0.2, 0) is 26.2 Å². The minimum Gasteiger partial charge on any atom is -0.480 e. The fourth-order valence-corrected chi connectivity index (χ4v) is 3.97. The first-order chi connectivity index (χ1) is 12.1. The first-order valence-electron chi connectivity index (χ1n) is 8.01. The van der Waals surface area contributed by atoms with Gasteiger partial charge in [-0.3, -0.25) is 9.59 Å². The van der Waals surface area contributed by atoms with Gasteiger partial charge >= 0.3 is 11.9 Å². The first-order valence-corrected chi connectivity index (χ1v) is 8.89. The zero-order valence-electron chi connectivity index (χ0n) is 13.8. The van der Waals surface area contributed by atoms with Crippen LogP contribution in [0, 0.1) is 0 Å². The molecule has 0 bridgehead atoms. The van der Waals surface area contributed by atoms with Gasteiger partial charge in [-0.15, -0.1) is 11.3 Å². The van der Waals surface area contributed by atoms with Gasteiger partial charge in [-0.25, -0.2) is 0 Å². The fourth-order valence-electron chi connectivity index (χ4n) is 3.01. The van der Waals surface area contributed by atoms with Crippen molar-refractivity contribution in [3.8, 4) is 0 Å². The van der Waals surface area contributed by atoms with Crippen molar-refractivity contribution < 1.29 is 19.4 Å².